The van der Waals surface area contributed by atoms with Gasteiger partial charge < -0.3 is 0 Å². The van der Waals surface area contributed by atoms with Gasteiger partial charge in [0.2, 0.25) is 0 Å². The average molecular weight is 750 g/mol. The summed E-state index contributed by atoms with van der Waals surface area (Å²) in [6.07, 6.45) is 0. The van der Waals surface area contributed by atoms with Crippen molar-refractivity contribution in [3.63, 3.8) is 0 Å². The molecule has 5 rings (SSSR count). The van der Waals surface area contributed by atoms with E-state index in [2.05, 4.69) is 138 Å². The van der Waals surface area contributed by atoms with Crippen LogP contribution in [0, 0.1) is 6.92 Å². The summed E-state index contributed by atoms with van der Waals surface area (Å²) in [5, 5.41) is 4.64. The summed E-state index contributed by atoms with van der Waals surface area (Å²) in [6, 6.07) is 41.6. The van der Waals surface area contributed by atoms with Crippen molar-refractivity contribution >= 4 is 24.8 Å². The Morgan fingerprint density at radius 3 is 1.35 bits per heavy atom. The van der Waals surface area contributed by atoms with Gasteiger partial charge in [-0.2, -0.15) is 0 Å². The number of aryl methyl sites for hydroxylation is 2. The summed E-state index contributed by atoms with van der Waals surface area (Å²) in [5.74, 6) is 0.708. The third-order valence-corrected chi connectivity index (χ3v) is 24.4. The molecule has 0 aliphatic rings. The minimum absolute atomic E-state index is 0.232. The third kappa shape index (κ3) is 8.23. The quantitative estimate of drug-likeness (QED) is 0.113. The molecule has 1 aromatic heterocycles. The van der Waals surface area contributed by atoms with Crippen molar-refractivity contribution < 1.29 is 12.6 Å². The van der Waals surface area contributed by atoms with Gasteiger partial charge in [0.25, 0.3) is 0 Å². The molecule has 4 aromatic carbocycles. The van der Waals surface area contributed by atoms with Crippen LogP contribution in [0.4, 0.5) is 0 Å². The normalized spacial score (nSPS) is 12.5. The van der Waals surface area contributed by atoms with Crippen LogP contribution in [0.15, 0.2) is 121 Å². The summed E-state index contributed by atoms with van der Waals surface area (Å²) in [6.45, 7) is 15.7. The Bertz CT molecular complexity index is 1670. The van der Waals surface area contributed by atoms with E-state index in [4.69, 9.17) is 7.81 Å². The standard InChI is InChI=1S/C12H12N2O3.3C10H13.Sn/c1-8-10(12(15)16)11(14(2)13-8)17-9-6-4-3-5-7-9;3*1-10(2,3)9-7-5-4-6-8-9;/h3-7H,1-2H3,(H,15,16);3*4-8H,1H2,2-3H3;/q;;;;+1/p-1. The predicted molar refractivity (Wildman–Crippen MR) is 198 cm³/mol. The van der Waals surface area contributed by atoms with Crippen molar-refractivity contribution in [2.45, 2.75) is 78.0 Å². The molecule has 5 nitrogen and oxygen atoms in total. The molecule has 0 aliphatic heterocycles. The fourth-order valence-electron chi connectivity index (χ4n) is 7.52. The van der Waals surface area contributed by atoms with Crippen molar-refractivity contribution in [1.29, 1.82) is 0 Å². The van der Waals surface area contributed by atoms with Gasteiger partial charge in [-0.25, -0.2) is 0 Å². The summed E-state index contributed by atoms with van der Waals surface area (Å²) in [5.41, 5.74) is 4.06. The number of hydrogen-bond acceptors (Lipinski definition) is 4. The van der Waals surface area contributed by atoms with E-state index in [9.17, 15) is 4.79 Å². The summed E-state index contributed by atoms with van der Waals surface area (Å²) in [7, 11) is 1.81. The molecule has 5 aromatic rings. The fourth-order valence-corrected chi connectivity index (χ4v) is 26.2. The molecule has 0 saturated carbocycles. The second-order valence-electron chi connectivity index (χ2n) is 15.2. The van der Waals surface area contributed by atoms with Crippen LogP contribution in [0.25, 0.3) is 0 Å². The third-order valence-electron chi connectivity index (χ3n) is 9.60. The van der Waals surface area contributed by atoms with Gasteiger partial charge in [-0.05, 0) is 0 Å². The number of benzene rings is 4. The second kappa shape index (κ2) is 14.3. The van der Waals surface area contributed by atoms with E-state index in [1.165, 1.54) is 16.7 Å². The van der Waals surface area contributed by atoms with Crippen LogP contribution in [0.2, 0.25) is 13.3 Å². The average Bonchev–Trinajstić information content (AvgIpc) is 3.33. The number of carbonyl (C=O) groups is 1. The monoisotopic (exact) mass is 750 g/mol. The molecule has 0 spiro atoms. The van der Waals surface area contributed by atoms with Gasteiger partial charge in [-0.15, -0.1) is 0 Å². The molecule has 0 radical (unpaired) electrons. The van der Waals surface area contributed by atoms with Crippen molar-refractivity contribution in [2.75, 3.05) is 0 Å². The van der Waals surface area contributed by atoms with E-state index in [0.717, 1.165) is 13.3 Å². The van der Waals surface area contributed by atoms with Crippen LogP contribution in [0.3, 0.4) is 0 Å². The van der Waals surface area contributed by atoms with Gasteiger partial charge >= 0.3 is 293 Å². The first-order valence-corrected chi connectivity index (χ1v) is 24.1. The molecule has 0 aliphatic carbocycles. The zero-order valence-electron chi connectivity index (χ0n) is 29.8. The Kier molecular flexibility index (Phi) is 10.6. The number of aromatic nitrogens is 2. The number of rotatable bonds is 13. The summed E-state index contributed by atoms with van der Waals surface area (Å²) in [4.78, 5) is 14.9. The molecule has 0 unspecified atom stereocenters. The molecular formula is C42H50N2O3Sn. The van der Waals surface area contributed by atoms with Crippen molar-refractivity contribution in [2.24, 2.45) is 7.05 Å². The van der Waals surface area contributed by atoms with Gasteiger partial charge in [0.1, 0.15) is 0 Å². The van der Waals surface area contributed by atoms with Crippen LogP contribution in [0.1, 0.15) is 74.3 Å². The van der Waals surface area contributed by atoms with Gasteiger partial charge in [-0.1, -0.05) is 0 Å². The van der Waals surface area contributed by atoms with Gasteiger partial charge in [-0.3, -0.25) is 0 Å². The van der Waals surface area contributed by atoms with Crippen LogP contribution in [-0.4, -0.2) is 34.5 Å². The number of ether oxygens (including phenoxy) is 1. The van der Waals surface area contributed by atoms with Crippen molar-refractivity contribution in [3.05, 3.63) is 149 Å². The summed E-state index contributed by atoms with van der Waals surface area (Å²) < 4.78 is 17.7. The van der Waals surface area contributed by atoms with E-state index < -0.39 is 18.8 Å². The van der Waals surface area contributed by atoms with E-state index in [1.807, 2.05) is 44.3 Å². The molecule has 0 fully saturated rings. The molecule has 0 saturated heterocycles. The van der Waals surface area contributed by atoms with Gasteiger partial charge in [0, 0.05) is 0 Å². The fraction of sp³-hybridized carbons (Fsp3) is 0.333. The Morgan fingerprint density at radius 2 is 0.979 bits per heavy atom. The molecule has 250 valence electrons. The number of carbonyl (C=O) groups excluding carboxylic acids is 1. The number of nitrogens with zero attached hydrogens (tertiary/aromatic N) is 2. The molecule has 0 N–H and O–H groups in total. The predicted octanol–water partition coefficient (Wildman–Crippen LogP) is 10.6. The zero-order valence-corrected chi connectivity index (χ0v) is 32.6. The van der Waals surface area contributed by atoms with Gasteiger partial charge in [0.05, 0.1) is 0 Å². The maximum absolute atomic E-state index is 14.9. The van der Waals surface area contributed by atoms with Crippen molar-refractivity contribution in [1.82, 2.24) is 9.78 Å². The molecule has 1 heterocycles. The topological polar surface area (TPSA) is 53.4 Å². The number of para-hydroxylation sites is 1. The molecule has 6 heteroatoms. The van der Waals surface area contributed by atoms with E-state index in [-0.39, 0.29) is 22.2 Å². The first-order chi connectivity index (χ1) is 22.7. The van der Waals surface area contributed by atoms with Crippen LogP contribution < -0.4 is 4.74 Å². The first kappa shape index (κ1) is 35.5. The van der Waals surface area contributed by atoms with Crippen molar-refractivity contribution in [3.8, 4) is 11.6 Å². The van der Waals surface area contributed by atoms with Crippen LogP contribution in [-0.2, 0) is 26.4 Å². The molecule has 0 atom stereocenters. The Morgan fingerprint density at radius 1 is 0.625 bits per heavy atom. The number of hydrogen-bond donors (Lipinski definition) is 0. The molecular weight excluding hydrogens is 699 g/mol. The first-order valence-electron chi connectivity index (χ1n) is 16.9. The minimum atomic E-state index is -4.18. The SMILES string of the molecule is Cc1nn(C)c(Oc2ccccc2)c1C(=O)[O][Sn]([CH2]C(C)(C)c1ccccc1)([CH2]C(C)(C)c1ccccc1)[CH2]C(C)(C)c1ccccc1. The van der Waals surface area contributed by atoms with Crippen LogP contribution in [0.5, 0.6) is 11.6 Å². The maximum atomic E-state index is 14.9. The van der Waals surface area contributed by atoms with Crippen LogP contribution >= 0.6 is 0 Å². The molecule has 48 heavy (non-hydrogen) atoms. The second-order valence-corrected chi connectivity index (χ2v) is 25.5. The Labute approximate surface area is 291 Å². The Hall–Kier alpha value is -3.84. The molecule has 0 bridgehead atoms. The van der Waals surface area contributed by atoms with E-state index in [0.29, 0.717) is 22.9 Å². The van der Waals surface area contributed by atoms with Gasteiger partial charge in [0.15, 0.2) is 0 Å². The van der Waals surface area contributed by atoms with E-state index in [1.54, 1.807) is 4.68 Å². The molecule has 0 amide bonds. The Balaban J connectivity index is 1.67. The summed E-state index contributed by atoms with van der Waals surface area (Å²) >= 11 is -4.18. The van der Waals surface area contributed by atoms with E-state index >= 15 is 0 Å². The zero-order chi connectivity index (χ0) is 34.6.